The van der Waals surface area contributed by atoms with Gasteiger partial charge in [0.2, 0.25) is 0 Å². The van der Waals surface area contributed by atoms with E-state index < -0.39 is 11.9 Å². The highest BCUT2D eigenvalue weighted by Gasteiger charge is 2.23. The number of ketones is 1. The van der Waals surface area contributed by atoms with Gasteiger partial charge in [0.05, 0.1) is 31.1 Å². The van der Waals surface area contributed by atoms with Gasteiger partial charge in [0.25, 0.3) is 0 Å². The lowest BCUT2D eigenvalue weighted by Gasteiger charge is -2.13. The van der Waals surface area contributed by atoms with Crippen LogP contribution in [0.5, 0.6) is 0 Å². The van der Waals surface area contributed by atoms with E-state index in [4.69, 9.17) is 9.47 Å². The third-order valence-corrected chi connectivity index (χ3v) is 8.75. The van der Waals surface area contributed by atoms with Gasteiger partial charge in [-0.3, -0.25) is 4.79 Å². The van der Waals surface area contributed by atoms with Crippen LogP contribution in [0.3, 0.4) is 0 Å². The number of thioether (sulfide) groups is 1. The van der Waals surface area contributed by atoms with Gasteiger partial charge in [0.1, 0.15) is 16.2 Å². The molecule has 1 aliphatic rings. The molecule has 0 saturated heterocycles. The number of esters is 2. The van der Waals surface area contributed by atoms with Crippen molar-refractivity contribution < 1.29 is 23.9 Å². The number of benzene rings is 1. The number of nitrogens with zero attached hydrogens (tertiary/aromatic N) is 3. The summed E-state index contributed by atoms with van der Waals surface area (Å²) in [5, 5.41) is 1.94. The van der Waals surface area contributed by atoms with Crippen molar-refractivity contribution in [2.24, 2.45) is 0 Å². The van der Waals surface area contributed by atoms with E-state index in [9.17, 15) is 14.4 Å². The number of aryl methyl sites for hydroxylation is 3. The van der Waals surface area contributed by atoms with Crippen molar-refractivity contribution >= 4 is 51.0 Å². The normalized spacial score (nSPS) is 12.5. The van der Waals surface area contributed by atoms with Gasteiger partial charge in [-0.15, -0.1) is 11.3 Å². The Morgan fingerprint density at radius 1 is 1.00 bits per heavy atom. The van der Waals surface area contributed by atoms with Gasteiger partial charge >= 0.3 is 11.9 Å². The number of Topliss-reactive ketones (excluding diaryl/α,β-unsaturated/α-hetero) is 1. The molecule has 190 valence electrons. The predicted molar refractivity (Wildman–Crippen MR) is 142 cm³/mol. The highest BCUT2D eigenvalue weighted by Crippen LogP contribution is 2.40. The zero-order valence-electron chi connectivity index (χ0n) is 20.9. The number of carbonyl (C=O) groups excluding carboxylic acids is 3. The number of methoxy groups -OCH3 is 2. The Hall–Kier alpha value is -3.50. The summed E-state index contributed by atoms with van der Waals surface area (Å²) in [6.45, 7) is 3.73. The van der Waals surface area contributed by atoms with Gasteiger partial charge in [-0.1, -0.05) is 11.8 Å². The summed E-state index contributed by atoms with van der Waals surface area (Å²) in [7, 11) is 2.56. The van der Waals surface area contributed by atoms with Crippen LogP contribution in [0.15, 0.2) is 35.6 Å². The van der Waals surface area contributed by atoms with E-state index >= 15 is 0 Å². The Bertz CT molecular complexity index is 1540. The van der Waals surface area contributed by atoms with E-state index in [-0.39, 0.29) is 22.7 Å². The maximum atomic E-state index is 13.4. The molecule has 8 nitrogen and oxygen atoms in total. The second-order valence-corrected chi connectivity index (χ2v) is 10.8. The zero-order chi connectivity index (χ0) is 26.3. The second kappa shape index (κ2) is 10.1. The summed E-state index contributed by atoms with van der Waals surface area (Å²) in [6, 6.07) is 6.53. The lowest BCUT2D eigenvalue weighted by Crippen LogP contribution is -2.10. The summed E-state index contributed by atoms with van der Waals surface area (Å²) >= 11 is 3.16. The maximum absolute atomic E-state index is 13.4. The number of carbonyl (C=O) groups is 3. The third-order valence-electron chi connectivity index (χ3n) is 6.56. The molecule has 4 aromatic rings. The molecule has 0 atom stereocenters. The summed E-state index contributed by atoms with van der Waals surface area (Å²) in [5.41, 5.74) is 4.42. The molecule has 0 amide bonds. The Labute approximate surface area is 222 Å². The van der Waals surface area contributed by atoms with Gasteiger partial charge in [0, 0.05) is 32.9 Å². The van der Waals surface area contributed by atoms with Crippen LogP contribution in [0.25, 0.3) is 15.9 Å². The minimum absolute atomic E-state index is 0.0275. The molecule has 0 aliphatic heterocycles. The molecule has 5 rings (SSSR count). The summed E-state index contributed by atoms with van der Waals surface area (Å²) in [5.74, 6) is -0.937. The Morgan fingerprint density at radius 2 is 1.70 bits per heavy atom. The zero-order valence-corrected chi connectivity index (χ0v) is 22.5. The fraction of sp³-hybridized carbons (Fsp3) is 0.296. The molecule has 0 radical (unpaired) electrons. The average molecular weight is 536 g/mol. The standard InChI is InChI=1S/C27H25N3O5S2/c1-14-8-20(15(2)30(14)18-10-16(26(32)34-3)9-17(11-18)27(33)35-4)21(31)12-36-24-23-19-6-5-7-22(19)37-25(23)29-13-28-24/h8-11,13H,5-7,12H2,1-4H3. The van der Waals surface area contributed by atoms with Crippen molar-refractivity contribution in [1.29, 1.82) is 0 Å². The highest BCUT2D eigenvalue weighted by molar-refractivity contribution is 8.00. The minimum Gasteiger partial charge on any atom is -0.465 e. The molecule has 0 spiro atoms. The lowest BCUT2D eigenvalue weighted by molar-refractivity contribution is 0.0599. The van der Waals surface area contributed by atoms with Crippen LogP contribution in [0.4, 0.5) is 0 Å². The number of fused-ring (bicyclic) bond motifs is 3. The smallest absolute Gasteiger partial charge is 0.337 e. The molecule has 1 aromatic carbocycles. The van der Waals surface area contributed by atoms with E-state index in [0.717, 1.165) is 40.2 Å². The van der Waals surface area contributed by atoms with E-state index in [1.165, 1.54) is 42.5 Å². The Kier molecular flexibility index (Phi) is 6.87. The topological polar surface area (TPSA) is 100 Å². The van der Waals surface area contributed by atoms with Crippen molar-refractivity contribution in [2.75, 3.05) is 20.0 Å². The summed E-state index contributed by atoms with van der Waals surface area (Å²) in [4.78, 5) is 49.2. The van der Waals surface area contributed by atoms with E-state index in [2.05, 4.69) is 9.97 Å². The van der Waals surface area contributed by atoms with Gasteiger partial charge in [-0.05, 0) is 62.9 Å². The van der Waals surface area contributed by atoms with Crippen LogP contribution in [-0.2, 0) is 22.3 Å². The van der Waals surface area contributed by atoms with Crippen molar-refractivity contribution in [3.05, 3.63) is 69.1 Å². The molecule has 0 bridgehead atoms. The number of thiophene rings is 1. The fourth-order valence-corrected chi connectivity index (χ4v) is 7.08. The average Bonchev–Trinajstić information content (AvgIpc) is 3.58. The Morgan fingerprint density at radius 3 is 2.38 bits per heavy atom. The number of aromatic nitrogens is 3. The predicted octanol–water partition coefficient (Wildman–Crippen LogP) is 5.14. The van der Waals surface area contributed by atoms with Crippen LogP contribution in [0.1, 0.15) is 59.3 Å². The van der Waals surface area contributed by atoms with E-state index in [0.29, 0.717) is 16.9 Å². The molecular weight excluding hydrogens is 510 g/mol. The fourth-order valence-electron chi connectivity index (χ4n) is 4.87. The first kappa shape index (κ1) is 25.2. The molecule has 0 N–H and O–H groups in total. The first-order chi connectivity index (χ1) is 17.8. The van der Waals surface area contributed by atoms with Crippen LogP contribution in [0, 0.1) is 13.8 Å². The van der Waals surface area contributed by atoms with Crippen molar-refractivity contribution in [3.8, 4) is 5.69 Å². The number of hydrogen-bond donors (Lipinski definition) is 0. The SMILES string of the molecule is COC(=O)c1cc(C(=O)OC)cc(-n2c(C)cc(C(=O)CSc3ncnc4sc5c(c34)CCC5)c2C)c1. The monoisotopic (exact) mass is 535 g/mol. The van der Waals surface area contributed by atoms with Crippen LogP contribution in [0.2, 0.25) is 0 Å². The molecule has 0 unspecified atom stereocenters. The summed E-state index contributed by atoms with van der Waals surface area (Å²) < 4.78 is 11.6. The molecule has 0 fully saturated rings. The second-order valence-electron chi connectivity index (χ2n) is 8.80. The van der Waals surface area contributed by atoms with Crippen molar-refractivity contribution in [1.82, 2.24) is 14.5 Å². The molecule has 3 aromatic heterocycles. The van der Waals surface area contributed by atoms with E-state index in [1.807, 2.05) is 24.5 Å². The van der Waals surface area contributed by atoms with Gasteiger partial charge in [0.15, 0.2) is 5.78 Å². The first-order valence-corrected chi connectivity index (χ1v) is 13.5. The van der Waals surface area contributed by atoms with Crippen LogP contribution < -0.4 is 0 Å². The first-order valence-electron chi connectivity index (χ1n) is 11.7. The molecular formula is C27H25N3O5S2. The summed E-state index contributed by atoms with van der Waals surface area (Å²) in [6.07, 6.45) is 4.83. The van der Waals surface area contributed by atoms with Crippen molar-refractivity contribution in [2.45, 2.75) is 38.1 Å². The minimum atomic E-state index is -0.571. The van der Waals surface area contributed by atoms with Crippen LogP contribution >= 0.6 is 23.1 Å². The number of rotatable bonds is 7. The molecule has 37 heavy (non-hydrogen) atoms. The number of hydrogen-bond acceptors (Lipinski definition) is 9. The molecule has 10 heteroatoms. The van der Waals surface area contributed by atoms with E-state index in [1.54, 1.807) is 29.8 Å². The van der Waals surface area contributed by atoms with Crippen LogP contribution in [-0.4, -0.2) is 52.2 Å². The highest BCUT2D eigenvalue weighted by atomic mass is 32.2. The third kappa shape index (κ3) is 4.55. The quantitative estimate of drug-likeness (QED) is 0.139. The molecule has 3 heterocycles. The Balaban J connectivity index is 1.46. The lowest BCUT2D eigenvalue weighted by atomic mass is 10.1. The molecule has 0 saturated carbocycles. The molecule has 1 aliphatic carbocycles. The number of ether oxygens (including phenoxy) is 2. The maximum Gasteiger partial charge on any atom is 0.337 e. The largest absolute Gasteiger partial charge is 0.465 e. The van der Waals surface area contributed by atoms with Gasteiger partial charge in [-0.25, -0.2) is 19.6 Å². The van der Waals surface area contributed by atoms with Gasteiger partial charge < -0.3 is 14.0 Å². The van der Waals surface area contributed by atoms with Crippen molar-refractivity contribution in [3.63, 3.8) is 0 Å². The van der Waals surface area contributed by atoms with Gasteiger partial charge in [-0.2, -0.15) is 0 Å².